The van der Waals surface area contributed by atoms with Crippen LogP contribution < -0.4 is 9.21 Å². The van der Waals surface area contributed by atoms with Crippen LogP contribution in [0.5, 0.6) is 0 Å². The molecule has 2 aromatic carbocycles. The van der Waals surface area contributed by atoms with Gasteiger partial charge in [0.05, 0.1) is 11.9 Å². The number of anilines is 2. The van der Waals surface area contributed by atoms with Crippen LogP contribution in [0.4, 0.5) is 11.4 Å². The molecular formula is C23H31N3O3S. The van der Waals surface area contributed by atoms with Gasteiger partial charge in [0, 0.05) is 31.9 Å². The summed E-state index contributed by atoms with van der Waals surface area (Å²) in [4.78, 5) is 17.1. The summed E-state index contributed by atoms with van der Waals surface area (Å²) in [6, 6.07) is 11.8. The van der Waals surface area contributed by atoms with Crippen molar-refractivity contribution in [3.63, 3.8) is 0 Å². The third-order valence-corrected chi connectivity index (χ3v) is 7.20. The number of piperazine rings is 1. The van der Waals surface area contributed by atoms with Gasteiger partial charge in [0.2, 0.25) is 15.9 Å². The summed E-state index contributed by atoms with van der Waals surface area (Å²) in [5, 5.41) is 0. The summed E-state index contributed by atoms with van der Waals surface area (Å²) in [5.41, 5.74) is 6.15. The number of sulfonamides is 1. The molecule has 0 radical (unpaired) electrons. The molecule has 1 aliphatic rings. The van der Waals surface area contributed by atoms with Crippen molar-refractivity contribution in [1.29, 1.82) is 0 Å². The second-order valence-corrected chi connectivity index (χ2v) is 9.98. The van der Waals surface area contributed by atoms with Gasteiger partial charge in [0.1, 0.15) is 6.54 Å². The highest BCUT2D eigenvalue weighted by Crippen LogP contribution is 2.26. The maximum absolute atomic E-state index is 13.0. The van der Waals surface area contributed by atoms with Crippen LogP contribution in [0.25, 0.3) is 0 Å². The molecule has 0 atom stereocenters. The third kappa shape index (κ3) is 4.61. The van der Waals surface area contributed by atoms with Gasteiger partial charge in [-0.05, 0) is 62.1 Å². The Kier molecular flexibility index (Phi) is 6.41. The molecule has 0 aliphatic carbocycles. The molecule has 0 saturated carbocycles. The van der Waals surface area contributed by atoms with E-state index in [9.17, 15) is 13.2 Å². The smallest absolute Gasteiger partial charge is 0.243 e. The standard InChI is InChI=1S/C23H31N3O3S/c1-17-8-6-10-21(19(17)3)24-12-14-25(15-13-24)23(27)16-26(30(5,28)29)22-11-7-9-18(2)20(22)4/h6-11H,12-16H2,1-5H3. The number of nitrogens with zero attached hydrogens (tertiary/aromatic N) is 3. The van der Waals surface area contributed by atoms with Crippen molar-refractivity contribution in [2.75, 3.05) is 48.2 Å². The van der Waals surface area contributed by atoms with E-state index in [1.54, 1.807) is 11.0 Å². The van der Waals surface area contributed by atoms with Crippen molar-refractivity contribution in [2.45, 2.75) is 27.7 Å². The average Bonchev–Trinajstić information content (AvgIpc) is 2.70. The highest BCUT2D eigenvalue weighted by molar-refractivity contribution is 7.92. The molecule has 162 valence electrons. The monoisotopic (exact) mass is 429 g/mol. The topological polar surface area (TPSA) is 60.9 Å². The fourth-order valence-electron chi connectivity index (χ4n) is 3.88. The van der Waals surface area contributed by atoms with Crippen LogP contribution >= 0.6 is 0 Å². The Balaban J connectivity index is 1.72. The number of carbonyl (C=O) groups is 1. The molecule has 30 heavy (non-hydrogen) atoms. The van der Waals surface area contributed by atoms with Crippen LogP contribution in [0.15, 0.2) is 36.4 Å². The summed E-state index contributed by atoms with van der Waals surface area (Å²) in [7, 11) is -3.58. The van der Waals surface area contributed by atoms with Crippen molar-refractivity contribution in [2.24, 2.45) is 0 Å². The predicted molar refractivity (Wildman–Crippen MR) is 123 cm³/mol. The number of hydrogen-bond donors (Lipinski definition) is 0. The molecule has 0 unspecified atom stereocenters. The molecule has 0 aromatic heterocycles. The molecule has 3 rings (SSSR count). The normalized spacial score (nSPS) is 14.7. The molecule has 1 amide bonds. The molecule has 0 spiro atoms. The maximum Gasteiger partial charge on any atom is 0.243 e. The van der Waals surface area contributed by atoms with E-state index >= 15 is 0 Å². The molecule has 2 aromatic rings. The minimum Gasteiger partial charge on any atom is -0.368 e. The Hall–Kier alpha value is -2.54. The third-order valence-electron chi connectivity index (χ3n) is 6.07. The van der Waals surface area contributed by atoms with Gasteiger partial charge in [-0.2, -0.15) is 0 Å². The molecular weight excluding hydrogens is 398 g/mol. The van der Waals surface area contributed by atoms with Crippen molar-refractivity contribution >= 4 is 27.3 Å². The summed E-state index contributed by atoms with van der Waals surface area (Å²) in [6.07, 6.45) is 1.15. The fourth-order valence-corrected chi connectivity index (χ4v) is 4.78. The molecule has 0 bridgehead atoms. The van der Waals surface area contributed by atoms with Crippen molar-refractivity contribution < 1.29 is 13.2 Å². The molecule has 7 heteroatoms. The number of rotatable bonds is 5. The first-order valence-corrected chi connectivity index (χ1v) is 12.1. The van der Waals surface area contributed by atoms with E-state index < -0.39 is 10.0 Å². The highest BCUT2D eigenvalue weighted by atomic mass is 32.2. The second kappa shape index (κ2) is 8.68. The van der Waals surface area contributed by atoms with E-state index in [0.29, 0.717) is 18.8 Å². The number of benzene rings is 2. The van der Waals surface area contributed by atoms with E-state index in [-0.39, 0.29) is 12.5 Å². The number of aryl methyl sites for hydroxylation is 2. The van der Waals surface area contributed by atoms with Crippen molar-refractivity contribution in [1.82, 2.24) is 4.90 Å². The number of hydrogen-bond acceptors (Lipinski definition) is 4. The molecule has 6 nitrogen and oxygen atoms in total. The van der Waals surface area contributed by atoms with Gasteiger partial charge < -0.3 is 9.80 Å². The Morgan fingerprint density at radius 3 is 2.07 bits per heavy atom. The molecule has 1 aliphatic heterocycles. The van der Waals surface area contributed by atoms with Gasteiger partial charge in [0.15, 0.2) is 0 Å². The predicted octanol–water partition coefficient (Wildman–Crippen LogP) is 3.04. The van der Waals surface area contributed by atoms with Crippen LogP contribution in [0.2, 0.25) is 0 Å². The van der Waals surface area contributed by atoms with E-state index in [4.69, 9.17) is 0 Å². The molecule has 0 N–H and O–H groups in total. The Labute approximate surface area is 180 Å². The van der Waals surface area contributed by atoms with Gasteiger partial charge in [-0.3, -0.25) is 9.10 Å². The summed E-state index contributed by atoms with van der Waals surface area (Å²) in [5.74, 6) is -0.165. The highest BCUT2D eigenvalue weighted by Gasteiger charge is 2.28. The fraction of sp³-hybridized carbons (Fsp3) is 0.435. The lowest BCUT2D eigenvalue weighted by molar-refractivity contribution is -0.129. The van der Waals surface area contributed by atoms with Crippen molar-refractivity contribution in [3.05, 3.63) is 58.7 Å². The first-order chi connectivity index (χ1) is 14.1. The van der Waals surface area contributed by atoms with Crippen LogP contribution in [-0.4, -0.2) is 58.2 Å². The lowest BCUT2D eigenvalue weighted by Crippen LogP contribution is -2.52. The minimum absolute atomic E-state index is 0.165. The van der Waals surface area contributed by atoms with Gasteiger partial charge in [-0.1, -0.05) is 24.3 Å². The lowest BCUT2D eigenvalue weighted by Gasteiger charge is -2.38. The zero-order chi connectivity index (χ0) is 22.1. The summed E-state index contributed by atoms with van der Waals surface area (Å²) >= 11 is 0. The zero-order valence-corrected chi connectivity index (χ0v) is 19.3. The average molecular weight is 430 g/mol. The van der Waals surface area contributed by atoms with Gasteiger partial charge >= 0.3 is 0 Å². The largest absolute Gasteiger partial charge is 0.368 e. The Morgan fingerprint density at radius 2 is 1.47 bits per heavy atom. The lowest BCUT2D eigenvalue weighted by atomic mass is 10.1. The summed E-state index contributed by atoms with van der Waals surface area (Å²) in [6.45, 7) is 10.5. The Bertz CT molecular complexity index is 1040. The van der Waals surface area contributed by atoms with Crippen LogP contribution in [0.1, 0.15) is 22.3 Å². The first-order valence-electron chi connectivity index (χ1n) is 10.2. The van der Waals surface area contributed by atoms with Crippen LogP contribution in [-0.2, 0) is 14.8 Å². The van der Waals surface area contributed by atoms with E-state index in [1.165, 1.54) is 21.1 Å². The number of carbonyl (C=O) groups excluding carboxylic acids is 1. The van der Waals surface area contributed by atoms with Crippen molar-refractivity contribution in [3.8, 4) is 0 Å². The van der Waals surface area contributed by atoms with E-state index in [0.717, 1.165) is 30.5 Å². The first kappa shape index (κ1) is 22.2. The second-order valence-electron chi connectivity index (χ2n) is 8.08. The van der Waals surface area contributed by atoms with Gasteiger partial charge in [-0.25, -0.2) is 8.42 Å². The van der Waals surface area contributed by atoms with E-state index in [1.807, 2.05) is 26.0 Å². The van der Waals surface area contributed by atoms with Crippen LogP contribution in [0, 0.1) is 27.7 Å². The van der Waals surface area contributed by atoms with Crippen LogP contribution in [0.3, 0.4) is 0 Å². The maximum atomic E-state index is 13.0. The zero-order valence-electron chi connectivity index (χ0n) is 18.5. The van der Waals surface area contributed by atoms with Gasteiger partial charge in [-0.15, -0.1) is 0 Å². The Morgan fingerprint density at radius 1 is 0.900 bits per heavy atom. The summed E-state index contributed by atoms with van der Waals surface area (Å²) < 4.78 is 26.2. The molecule has 1 saturated heterocycles. The number of amides is 1. The van der Waals surface area contributed by atoms with E-state index in [2.05, 4.69) is 36.9 Å². The quantitative estimate of drug-likeness (QED) is 0.733. The molecule has 1 fully saturated rings. The minimum atomic E-state index is -3.58. The molecule has 1 heterocycles. The SMILES string of the molecule is Cc1cccc(N2CCN(C(=O)CN(c3cccc(C)c3C)S(C)(=O)=O)CC2)c1C. The van der Waals surface area contributed by atoms with Gasteiger partial charge in [0.25, 0.3) is 0 Å².